The Morgan fingerprint density at radius 3 is 2.40 bits per heavy atom. The third-order valence-corrected chi connectivity index (χ3v) is 3.11. The van der Waals surface area contributed by atoms with Crippen molar-refractivity contribution in [2.24, 2.45) is 0 Å². The highest BCUT2D eigenvalue weighted by Gasteiger charge is 2.31. The van der Waals surface area contributed by atoms with Crippen LogP contribution in [0.5, 0.6) is 5.75 Å². The predicted molar refractivity (Wildman–Crippen MR) is 70.1 cm³/mol. The molecule has 0 spiro atoms. The monoisotopic (exact) mass is 376 g/mol. The summed E-state index contributed by atoms with van der Waals surface area (Å²) in [7, 11) is -3.51. The number of hydrogen-bond donors (Lipinski definition) is 0. The molecular weight excluding hydrogens is 365 g/mol. The zero-order valence-electron chi connectivity index (χ0n) is 10.4. The Labute approximate surface area is 123 Å². The third kappa shape index (κ3) is 6.58. The Morgan fingerprint density at radius 2 is 1.85 bits per heavy atom. The molecule has 1 aromatic rings. The summed E-state index contributed by atoms with van der Waals surface area (Å²) in [5.41, 5.74) is -0.825. The van der Waals surface area contributed by atoms with Crippen molar-refractivity contribution in [1.82, 2.24) is 0 Å². The largest absolute Gasteiger partial charge is 0.493 e. The van der Waals surface area contributed by atoms with Gasteiger partial charge in [-0.05, 0) is 18.2 Å². The lowest BCUT2D eigenvalue weighted by Crippen LogP contribution is -2.09. The molecule has 0 aliphatic heterocycles. The van der Waals surface area contributed by atoms with Gasteiger partial charge in [-0.3, -0.25) is 4.18 Å². The fourth-order valence-corrected chi connectivity index (χ4v) is 2.16. The first-order chi connectivity index (χ1) is 9.08. The molecule has 1 aromatic carbocycles. The van der Waals surface area contributed by atoms with Gasteiger partial charge < -0.3 is 4.74 Å². The Bertz CT molecular complexity index is 557. The molecule has 114 valence electrons. The maximum absolute atomic E-state index is 12.6. The van der Waals surface area contributed by atoms with Crippen LogP contribution in [0, 0.1) is 0 Å². The van der Waals surface area contributed by atoms with Crippen LogP contribution in [0.1, 0.15) is 12.0 Å². The van der Waals surface area contributed by atoms with Crippen LogP contribution in [0.3, 0.4) is 0 Å². The van der Waals surface area contributed by atoms with Gasteiger partial charge in [0.15, 0.2) is 0 Å². The van der Waals surface area contributed by atoms with Gasteiger partial charge in [0.1, 0.15) is 5.75 Å². The second-order valence-electron chi connectivity index (χ2n) is 3.90. The van der Waals surface area contributed by atoms with E-state index >= 15 is 0 Å². The van der Waals surface area contributed by atoms with E-state index in [0.717, 1.165) is 18.4 Å². The second kappa shape index (κ2) is 6.77. The zero-order valence-corrected chi connectivity index (χ0v) is 12.8. The molecule has 0 bridgehead atoms. The van der Waals surface area contributed by atoms with Crippen LogP contribution in [-0.2, 0) is 20.5 Å². The van der Waals surface area contributed by atoms with Gasteiger partial charge in [-0.1, -0.05) is 15.9 Å². The molecule has 0 fully saturated rings. The van der Waals surface area contributed by atoms with Crippen LogP contribution in [-0.4, -0.2) is 27.9 Å². The first-order valence-corrected chi connectivity index (χ1v) is 8.04. The van der Waals surface area contributed by atoms with Crippen LogP contribution in [0.2, 0.25) is 0 Å². The summed E-state index contributed by atoms with van der Waals surface area (Å²) in [6.45, 7) is -0.0394. The van der Waals surface area contributed by atoms with Crippen LogP contribution in [0.25, 0.3) is 0 Å². The molecule has 20 heavy (non-hydrogen) atoms. The van der Waals surface area contributed by atoms with Crippen molar-refractivity contribution in [3.63, 3.8) is 0 Å². The van der Waals surface area contributed by atoms with E-state index in [1.54, 1.807) is 0 Å². The molecule has 0 N–H and O–H groups in total. The normalized spacial score (nSPS) is 12.4. The quantitative estimate of drug-likeness (QED) is 0.565. The summed E-state index contributed by atoms with van der Waals surface area (Å²) >= 11 is 2.97. The first-order valence-electron chi connectivity index (χ1n) is 5.43. The summed E-state index contributed by atoms with van der Waals surface area (Å²) < 4.78 is 68.9. The Kier molecular flexibility index (Phi) is 5.84. The van der Waals surface area contributed by atoms with Gasteiger partial charge in [0, 0.05) is 10.9 Å². The fraction of sp³-hybridized carbons (Fsp3) is 0.455. The lowest BCUT2D eigenvalue weighted by atomic mass is 10.2. The van der Waals surface area contributed by atoms with E-state index in [4.69, 9.17) is 4.74 Å². The van der Waals surface area contributed by atoms with Gasteiger partial charge in [0.25, 0.3) is 10.1 Å². The summed E-state index contributed by atoms with van der Waals surface area (Å²) in [6, 6.07) is 3.22. The maximum Gasteiger partial charge on any atom is 0.416 e. The highest BCUT2D eigenvalue weighted by Crippen LogP contribution is 2.34. The van der Waals surface area contributed by atoms with Crippen molar-refractivity contribution in [2.45, 2.75) is 12.6 Å². The molecule has 0 amide bonds. The van der Waals surface area contributed by atoms with E-state index in [1.807, 2.05) is 0 Å². The highest BCUT2D eigenvalue weighted by molar-refractivity contribution is 9.10. The van der Waals surface area contributed by atoms with Crippen LogP contribution in [0.4, 0.5) is 13.2 Å². The van der Waals surface area contributed by atoms with Crippen molar-refractivity contribution in [3.05, 3.63) is 28.2 Å². The molecule has 0 saturated heterocycles. The van der Waals surface area contributed by atoms with Crippen molar-refractivity contribution >= 4 is 26.0 Å². The molecule has 0 radical (unpaired) electrons. The summed E-state index contributed by atoms with van der Waals surface area (Å²) in [4.78, 5) is 0. The lowest BCUT2D eigenvalue weighted by Gasteiger charge is -2.11. The minimum absolute atomic E-state index is 0.0449. The highest BCUT2D eigenvalue weighted by atomic mass is 79.9. The van der Waals surface area contributed by atoms with E-state index < -0.39 is 21.9 Å². The minimum Gasteiger partial charge on any atom is -0.493 e. The van der Waals surface area contributed by atoms with Crippen LogP contribution in [0.15, 0.2) is 22.7 Å². The number of rotatable bonds is 6. The zero-order chi connectivity index (χ0) is 15.4. The molecule has 1 rings (SSSR count). The Hall–Kier alpha value is -0.800. The number of halogens is 4. The first kappa shape index (κ1) is 17.3. The summed E-state index contributed by atoms with van der Waals surface area (Å²) in [5, 5.41) is 0. The van der Waals surface area contributed by atoms with Crippen molar-refractivity contribution < 1.29 is 30.5 Å². The molecule has 0 atom stereocenters. The van der Waals surface area contributed by atoms with Gasteiger partial charge in [0.05, 0.1) is 25.0 Å². The smallest absolute Gasteiger partial charge is 0.416 e. The molecule has 4 nitrogen and oxygen atoms in total. The SMILES string of the molecule is CS(=O)(=O)OCCCOc1cc(Br)cc(C(F)(F)F)c1. The van der Waals surface area contributed by atoms with Gasteiger partial charge >= 0.3 is 6.18 Å². The van der Waals surface area contributed by atoms with Gasteiger partial charge in [-0.2, -0.15) is 21.6 Å². The number of alkyl halides is 3. The summed E-state index contributed by atoms with van der Waals surface area (Å²) in [6.07, 6.45) is -3.31. The van der Waals surface area contributed by atoms with E-state index in [9.17, 15) is 21.6 Å². The molecule has 0 aromatic heterocycles. The van der Waals surface area contributed by atoms with Gasteiger partial charge in [-0.25, -0.2) is 0 Å². The molecular formula is C11H12BrF3O4S. The number of ether oxygens (including phenoxy) is 1. The standard InChI is InChI=1S/C11H12BrF3O4S/c1-20(16,17)19-4-2-3-18-10-6-8(11(13,14)15)5-9(12)7-10/h5-7H,2-4H2,1H3. The molecule has 0 aliphatic rings. The molecule has 0 saturated carbocycles. The van der Waals surface area contributed by atoms with Crippen molar-refractivity contribution in [3.8, 4) is 5.75 Å². The second-order valence-corrected chi connectivity index (χ2v) is 6.46. The van der Waals surface area contributed by atoms with Crippen LogP contribution < -0.4 is 4.74 Å². The molecule has 0 heterocycles. The topological polar surface area (TPSA) is 52.6 Å². The van der Waals surface area contributed by atoms with Gasteiger partial charge in [0.2, 0.25) is 0 Å². The van der Waals surface area contributed by atoms with E-state index in [-0.39, 0.29) is 29.9 Å². The number of benzene rings is 1. The van der Waals surface area contributed by atoms with Crippen LogP contribution >= 0.6 is 15.9 Å². The molecule has 9 heteroatoms. The van der Waals surface area contributed by atoms with Crippen molar-refractivity contribution in [2.75, 3.05) is 19.5 Å². The third-order valence-electron chi connectivity index (χ3n) is 2.05. The van der Waals surface area contributed by atoms with Crippen molar-refractivity contribution in [1.29, 1.82) is 0 Å². The number of hydrogen-bond acceptors (Lipinski definition) is 4. The summed E-state index contributed by atoms with van der Waals surface area (Å²) in [5.74, 6) is 0.0473. The Morgan fingerprint density at radius 1 is 1.20 bits per heavy atom. The van der Waals surface area contributed by atoms with E-state index in [1.165, 1.54) is 6.07 Å². The average Bonchev–Trinajstić information content (AvgIpc) is 2.25. The predicted octanol–water partition coefficient (Wildman–Crippen LogP) is 3.21. The maximum atomic E-state index is 12.6. The molecule has 0 unspecified atom stereocenters. The Balaban J connectivity index is 2.54. The molecule has 0 aliphatic carbocycles. The fourth-order valence-electron chi connectivity index (χ4n) is 1.27. The lowest BCUT2D eigenvalue weighted by molar-refractivity contribution is -0.137. The van der Waals surface area contributed by atoms with Gasteiger partial charge in [-0.15, -0.1) is 0 Å². The van der Waals surface area contributed by atoms with E-state index in [0.29, 0.717) is 0 Å². The average molecular weight is 377 g/mol. The van der Waals surface area contributed by atoms with E-state index in [2.05, 4.69) is 20.1 Å². The minimum atomic E-state index is -4.46.